The topological polar surface area (TPSA) is 84.6 Å². The second-order valence-corrected chi connectivity index (χ2v) is 5.40. The summed E-state index contributed by atoms with van der Waals surface area (Å²) in [5.74, 6) is 0.379. The molecule has 2 atom stereocenters. The zero-order valence-electron chi connectivity index (χ0n) is 13.5. The maximum atomic E-state index is 11.4. The molecule has 2 rings (SSSR count). The van der Waals surface area contributed by atoms with Crippen molar-refractivity contribution in [1.29, 1.82) is 0 Å². The molecular formula is C18H23ClN2O3. The van der Waals surface area contributed by atoms with Crippen molar-refractivity contribution in [1.82, 2.24) is 5.32 Å². The van der Waals surface area contributed by atoms with Crippen molar-refractivity contribution < 1.29 is 14.6 Å². The molecule has 2 aromatic rings. The molecule has 0 saturated heterocycles. The average molecular weight is 351 g/mol. The Bertz CT molecular complexity index is 635. The smallest absolute Gasteiger partial charge is 0.236 e. The van der Waals surface area contributed by atoms with Crippen molar-refractivity contribution in [3.05, 3.63) is 65.7 Å². The summed E-state index contributed by atoms with van der Waals surface area (Å²) >= 11 is 0. The molecule has 0 spiro atoms. The Morgan fingerprint density at radius 3 is 2.58 bits per heavy atom. The molecule has 0 bridgehead atoms. The molecule has 130 valence electrons. The lowest BCUT2D eigenvalue weighted by Crippen LogP contribution is -2.40. The molecular weight excluding hydrogens is 328 g/mol. The van der Waals surface area contributed by atoms with Crippen LogP contribution in [0, 0.1) is 0 Å². The number of rotatable bonds is 7. The SMILES string of the molecule is C[C@H](N)C(=O)NCC(O)c1cccc(OCc2ccccc2)c1.Cl. The number of hydrogen-bond acceptors (Lipinski definition) is 4. The number of benzene rings is 2. The summed E-state index contributed by atoms with van der Waals surface area (Å²) in [6.07, 6.45) is -0.807. The lowest BCUT2D eigenvalue weighted by Gasteiger charge is -2.15. The van der Waals surface area contributed by atoms with Crippen molar-refractivity contribution >= 4 is 18.3 Å². The first-order chi connectivity index (χ1) is 11.1. The third-order valence-electron chi connectivity index (χ3n) is 3.37. The molecule has 1 unspecified atom stereocenters. The number of carbonyl (C=O) groups excluding carboxylic acids is 1. The van der Waals surface area contributed by atoms with E-state index < -0.39 is 12.1 Å². The predicted molar refractivity (Wildman–Crippen MR) is 96.1 cm³/mol. The van der Waals surface area contributed by atoms with Crippen LogP contribution >= 0.6 is 12.4 Å². The number of aliphatic hydroxyl groups excluding tert-OH is 1. The van der Waals surface area contributed by atoms with E-state index >= 15 is 0 Å². The number of aliphatic hydroxyl groups is 1. The van der Waals surface area contributed by atoms with E-state index in [-0.39, 0.29) is 24.9 Å². The molecule has 0 aromatic heterocycles. The van der Waals surface area contributed by atoms with Crippen LogP contribution in [0.2, 0.25) is 0 Å². The van der Waals surface area contributed by atoms with E-state index in [2.05, 4.69) is 5.32 Å². The standard InChI is InChI=1S/C18H22N2O3.ClH/c1-13(19)18(22)20-11-17(21)15-8-5-9-16(10-15)23-12-14-6-3-2-4-7-14;/h2-10,13,17,21H,11-12,19H2,1H3,(H,20,22);1H/t13-,17?;/m0./s1. The van der Waals surface area contributed by atoms with Crippen LogP contribution in [0.5, 0.6) is 5.75 Å². The van der Waals surface area contributed by atoms with Gasteiger partial charge in [-0.2, -0.15) is 0 Å². The second kappa shape index (κ2) is 9.93. The van der Waals surface area contributed by atoms with Crippen molar-refractivity contribution in [3.8, 4) is 5.75 Å². The van der Waals surface area contributed by atoms with Crippen LogP contribution in [-0.2, 0) is 11.4 Å². The normalized spacial score (nSPS) is 12.6. The van der Waals surface area contributed by atoms with Crippen molar-refractivity contribution in [3.63, 3.8) is 0 Å². The van der Waals surface area contributed by atoms with Crippen molar-refractivity contribution in [2.45, 2.75) is 25.7 Å². The van der Waals surface area contributed by atoms with Gasteiger partial charge in [-0.3, -0.25) is 4.79 Å². The summed E-state index contributed by atoms with van der Waals surface area (Å²) < 4.78 is 5.73. The van der Waals surface area contributed by atoms with E-state index in [0.29, 0.717) is 17.9 Å². The molecule has 5 nitrogen and oxygen atoms in total. The van der Waals surface area contributed by atoms with E-state index in [4.69, 9.17) is 10.5 Å². The highest BCUT2D eigenvalue weighted by Crippen LogP contribution is 2.20. The fourth-order valence-corrected chi connectivity index (χ4v) is 2.03. The van der Waals surface area contributed by atoms with Gasteiger partial charge in [0.15, 0.2) is 0 Å². The van der Waals surface area contributed by atoms with Crippen molar-refractivity contribution in [2.75, 3.05) is 6.54 Å². The Labute approximate surface area is 148 Å². The van der Waals surface area contributed by atoms with Crippen LogP contribution < -0.4 is 15.8 Å². The zero-order chi connectivity index (χ0) is 16.7. The van der Waals surface area contributed by atoms with Gasteiger partial charge in [0.1, 0.15) is 12.4 Å². The number of halogens is 1. The Balaban J connectivity index is 0.00000288. The molecule has 6 heteroatoms. The Hall–Kier alpha value is -2.08. The van der Waals surface area contributed by atoms with Gasteiger partial charge in [-0.25, -0.2) is 0 Å². The first-order valence-corrected chi connectivity index (χ1v) is 7.54. The summed E-state index contributed by atoms with van der Waals surface area (Å²) in [5, 5.41) is 12.8. The summed E-state index contributed by atoms with van der Waals surface area (Å²) in [4.78, 5) is 11.4. The van der Waals surface area contributed by atoms with E-state index in [0.717, 1.165) is 5.56 Å². The predicted octanol–water partition coefficient (Wildman–Crippen LogP) is 2.18. The third-order valence-corrected chi connectivity index (χ3v) is 3.37. The van der Waals surface area contributed by atoms with E-state index in [1.54, 1.807) is 19.1 Å². The quantitative estimate of drug-likeness (QED) is 0.714. The molecule has 0 fully saturated rings. The summed E-state index contributed by atoms with van der Waals surface area (Å²) in [7, 11) is 0. The van der Waals surface area contributed by atoms with Crippen LogP contribution in [0.15, 0.2) is 54.6 Å². The minimum Gasteiger partial charge on any atom is -0.489 e. The number of nitrogens with one attached hydrogen (secondary N) is 1. The van der Waals surface area contributed by atoms with Gasteiger partial charge in [-0.1, -0.05) is 42.5 Å². The fourth-order valence-electron chi connectivity index (χ4n) is 2.03. The first kappa shape index (κ1) is 20.0. The minimum atomic E-state index is -0.807. The molecule has 24 heavy (non-hydrogen) atoms. The molecule has 0 heterocycles. The Morgan fingerprint density at radius 1 is 1.21 bits per heavy atom. The van der Waals surface area contributed by atoms with Gasteiger partial charge >= 0.3 is 0 Å². The highest BCUT2D eigenvalue weighted by molar-refractivity contribution is 5.85. The summed E-state index contributed by atoms with van der Waals surface area (Å²) in [6.45, 7) is 2.17. The van der Waals surface area contributed by atoms with Crippen molar-refractivity contribution in [2.24, 2.45) is 5.73 Å². The third kappa shape index (κ3) is 6.20. The minimum absolute atomic E-state index is 0. The zero-order valence-corrected chi connectivity index (χ0v) is 14.3. The summed E-state index contributed by atoms with van der Waals surface area (Å²) in [6, 6.07) is 16.5. The van der Waals surface area contributed by atoms with E-state index in [1.807, 2.05) is 42.5 Å². The second-order valence-electron chi connectivity index (χ2n) is 5.40. The Kier molecular flexibility index (Phi) is 8.26. The number of amides is 1. The van der Waals surface area contributed by atoms with Gasteiger partial charge in [-0.05, 0) is 30.2 Å². The molecule has 0 aliphatic rings. The molecule has 1 amide bonds. The monoisotopic (exact) mass is 350 g/mol. The van der Waals surface area contributed by atoms with Crippen LogP contribution in [0.25, 0.3) is 0 Å². The van der Waals surface area contributed by atoms with Gasteiger partial charge in [-0.15, -0.1) is 12.4 Å². The van der Waals surface area contributed by atoms with Crippen LogP contribution in [-0.4, -0.2) is 23.6 Å². The lowest BCUT2D eigenvalue weighted by atomic mass is 10.1. The molecule has 0 radical (unpaired) electrons. The molecule has 0 aliphatic carbocycles. The van der Waals surface area contributed by atoms with Gasteiger partial charge in [0.2, 0.25) is 5.91 Å². The molecule has 0 saturated carbocycles. The van der Waals surface area contributed by atoms with E-state index in [9.17, 15) is 9.90 Å². The number of carbonyl (C=O) groups is 1. The van der Waals surface area contributed by atoms with E-state index in [1.165, 1.54) is 0 Å². The molecule has 2 aromatic carbocycles. The van der Waals surface area contributed by atoms with Crippen LogP contribution in [0.1, 0.15) is 24.2 Å². The maximum absolute atomic E-state index is 11.4. The maximum Gasteiger partial charge on any atom is 0.236 e. The summed E-state index contributed by atoms with van der Waals surface area (Å²) in [5.41, 5.74) is 7.22. The average Bonchev–Trinajstić information content (AvgIpc) is 2.58. The highest BCUT2D eigenvalue weighted by atomic mass is 35.5. The van der Waals surface area contributed by atoms with Gasteiger partial charge < -0.3 is 20.9 Å². The number of ether oxygens (including phenoxy) is 1. The highest BCUT2D eigenvalue weighted by Gasteiger charge is 2.12. The molecule has 0 aliphatic heterocycles. The number of hydrogen-bond donors (Lipinski definition) is 3. The molecule has 4 N–H and O–H groups in total. The van der Waals surface area contributed by atoms with Crippen LogP contribution in [0.3, 0.4) is 0 Å². The fraction of sp³-hybridized carbons (Fsp3) is 0.278. The largest absolute Gasteiger partial charge is 0.489 e. The van der Waals surface area contributed by atoms with Gasteiger partial charge in [0.05, 0.1) is 12.1 Å². The first-order valence-electron chi connectivity index (χ1n) is 7.54. The van der Waals surface area contributed by atoms with Gasteiger partial charge in [0, 0.05) is 6.54 Å². The number of nitrogens with two attached hydrogens (primary N) is 1. The lowest BCUT2D eigenvalue weighted by molar-refractivity contribution is -0.122. The Morgan fingerprint density at radius 2 is 1.92 bits per heavy atom. The van der Waals surface area contributed by atoms with Gasteiger partial charge in [0.25, 0.3) is 0 Å². The van der Waals surface area contributed by atoms with Crippen LogP contribution in [0.4, 0.5) is 0 Å².